The third-order valence-electron chi connectivity index (χ3n) is 0.449. The molecule has 0 radical (unpaired) electrons. The minimum atomic E-state index is -0.509. The van der Waals surface area contributed by atoms with Gasteiger partial charge in [0.2, 0.25) is 5.91 Å². The first-order valence-electron chi connectivity index (χ1n) is 1.69. The van der Waals surface area contributed by atoms with Gasteiger partial charge in [-0.1, -0.05) is 0 Å². The Morgan fingerprint density at radius 3 is 1.86 bits per heavy atom. The summed E-state index contributed by atoms with van der Waals surface area (Å²) in [5.74, 6) is -0.463. The quantitative estimate of drug-likeness (QED) is 0.550. The molecular weight excluding hydrogens is 160 g/mol. The maximum Gasteiger partial charge on any atom is 0.234 e. The molecule has 0 saturated heterocycles. The Kier molecular flexibility index (Phi) is 5.83. The molecule has 44 valence electrons. The molecule has 0 unspecified atom stereocenters. The number of hydrogen-bond acceptors (Lipinski definition) is 2. The van der Waals surface area contributed by atoms with E-state index < -0.39 is 11.9 Å². The summed E-state index contributed by atoms with van der Waals surface area (Å²) < 4.78 is 0. The van der Waals surface area contributed by atoms with E-state index in [1.807, 2.05) is 0 Å². The van der Waals surface area contributed by atoms with Crippen molar-refractivity contribution < 1.29 is 4.79 Å². The standard InChI is InChI=1S/C3H8N2O.BrH/c1-2(4)3(5)6;/h2H,4H2,1H3,(H2,5,6);1H/t2-;/m0./s1. The fraction of sp³-hybridized carbons (Fsp3) is 0.667. The molecule has 0 bridgehead atoms. The van der Waals surface area contributed by atoms with E-state index in [0.29, 0.717) is 0 Å². The van der Waals surface area contributed by atoms with Crippen LogP contribution in [-0.4, -0.2) is 11.9 Å². The molecule has 0 fully saturated rings. The first-order valence-corrected chi connectivity index (χ1v) is 1.69. The van der Waals surface area contributed by atoms with Crippen LogP contribution < -0.4 is 11.5 Å². The number of carbonyl (C=O) groups excluding carboxylic acids is 1. The van der Waals surface area contributed by atoms with Crippen LogP contribution in [-0.2, 0) is 4.79 Å². The number of halogens is 1. The van der Waals surface area contributed by atoms with Gasteiger partial charge in [0, 0.05) is 0 Å². The van der Waals surface area contributed by atoms with Gasteiger partial charge in [-0.05, 0) is 6.92 Å². The molecule has 0 aromatic rings. The number of carbonyl (C=O) groups is 1. The number of rotatable bonds is 1. The molecule has 4 N–H and O–H groups in total. The summed E-state index contributed by atoms with van der Waals surface area (Å²) in [7, 11) is 0. The van der Waals surface area contributed by atoms with E-state index in [0.717, 1.165) is 0 Å². The average Bonchev–Trinajstić information content (AvgIpc) is 1.36. The highest BCUT2D eigenvalue weighted by atomic mass is 79.9. The van der Waals surface area contributed by atoms with Crippen LogP contribution in [0.3, 0.4) is 0 Å². The third-order valence-corrected chi connectivity index (χ3v) is 0.449. The monoisotopic (exact) mass is 168 g/mol. The van der Waals surface area contributed by atoms with Crippen LogP contribution >= 0.6 is 17.0 Å². The number of hydrogen-bond donors (Lipinski definition) is 2. The first kappa shape index (κ1) is 10.0. The highest BCUT2D eigenvalue weighted by molar-refractivity contribution is 8.93. The minimum absolute atomic E-state index is 0. The lowest BCUT2D eigenvalue weighted by atomic mass is 10.4. The van der Waals surface area contributed by atoms with Gasteiger partial charge in [-0.2, -0.15) is 0 Å². The molecule has 0 aromatic carbocycles. The maximum atomic E-state index is 9.80. The van der Waals surface area contributed by atoms with Gasteiger partial charge in [0.25, 0.3) is 0 Å². The molecule has 0 aromatic heterocycles. The summed E-state index contributed by atoms with van der Waals surface area (Å²) in [6.45, 7) is 1.54. The normalized spacial score (nSPS) is 11.7. The molecular formula is C3H9BrN2O. The van der Waals surface area contributed by atoms with Crippen LogP contribution in [0.1, 0.15) is 6.92 Å². The van der Waals surface area contributed by atoms with E-state index in [-0.39, 0.29) is 17.0 Å². The van der Waals surface area contributed by atoms with Crippen molar-refractivity contribution in [3.8, 4) is 0 Å². The van der Waals surface area contributed by atoms with Crippen LogP contribution in [0.25, 0.3) is 0 Å². The lowest BCUT2D eigenvalue weighted by Crippen LogP contribution is -2.32. The van der Waals surface area contributed by atoms with Crippen LogP contribution in [0.5, 0.6) is 0 Å². The van der Waals surface area contributed by atoms with Crippen molar-refractivity contribution in [3.63, 3.8) is 0 Å². The van der Waals surface area contributed by atoms with E-state index in [1.165, 1.54) is 0 Å². The summed E-state index contributed by atoms with van der Waals surface area (Å²) in [4.78, 5) is 9.80. The maximum absolute atomic E-state index is 9.80. The predicted molar refractivity (Wildman–Crippen MR) is 33.2 cm³/mol. The number of primary amides is 1. The molecule has 1 amide bonds. The molecule has 0 rings (SSSR count). The summed E-state index contributed by atoms with van der Waals surface area (Å²) in [6, 6.07) is -0.509. The molecule has 0 aliphatic carbocycles. The van der Waals surface area contributed by atoms with Gasteiger partial charge in [-0.25, -0.2) is 0 Å². The van der Waals surface area contributed by atoms with Gasteiger partial charge in [-0.15, -0.1) is 17.0 Å². The Hall–Kier alpha value is -0.0900. The Morgan fingerprint density at radius 2 is 1.86 bits per heavy atom. The van der Waals surface area contributed by atoms with E-state index >= 15 is 0 Å². The average molecular weight is 169 g/mol. The second-order valence-corrected chi connectivity index (χ2v) is 1.19. The van der Waals surface area contributed by atoms with Crippen molar-refractivity contribution in [1.82, 2.24) is 0 Å². The fourth-order valence-electron chi connectivity index (χ4n) is 0. The molecule has 3 nitrogen and oxygen atoms in total. The first-order chi connectivity index (χ1) is 2.64. The van der Waals surface area contributed by atoms with E-state index in [2.05, 4.69) is 5.73 Å². The van der Waals surface area contributed by atoms with E-state index in [4.69, 9.17) is 5.73 Å². The lowest BCUT2D eigenvalue weighted by Gasteiger charge is -1.91. The minimum Gasteiger partial charge on any atom is -0.368 e. The van der Waals surface area contributed by atoms with Gasteiger partial charge in [-0.3, -0.25) is 4.79 Å². The van der Waals surface area contributed by atoms with Crippen LogP contribution in [0, 0.1) is 0 Å². The van der Waals surface area contributed by atoms with Crippen LogP contribution in [0.2, 0.25) is 0 Å². The van der Waals surface area contributed by atoms with Crippen LogP contribution in [0.15, 0.2) is 0 Å². The van der Waals surface area contributed by atoms with Crippen molar-refractivity contribution >= 4 is 22.9 Å². The van der Waals surface area contributed by atoms with Gasteiger partial charge in [0.05, 0.1) is 6.04 Å². The van der Waals surface area contributed by atoms with E-state index in [9.17, 15) is 4.79 Å². The Morgan fingerprint density at radius 1 is 1.71 bits per heavy atom. The molecule has 0 aliphatic heterocycles. The van der Waals surface area contributed by atoms with Gasteiger partial charge in [0.15, 0.2) is 0 Å². The molecule has 4 heteroatoms. The Balaban J connectivity index is 0. The molecule has 0 spiro atoms. The van der Waals surface area contributed by atoms with Gasteiger partial charge >= 0.3 is 0 Å². The van der Waals surface area contributed by atoms with Crippen molar-refractivity contribution in [1.29, 1.82) is 0 Å². The summed E-state index contributed by atoms with van der Waals surface area (Å²) in [5, 5.41) is 0. The zero-order valence-corrected chi connectivity index (χ0v) is 5.76. The molecule has 1 atom stereocenters. The third kappa shape index (κ3) is 5.91. The topological polar surface area (TPSA) is 69.1 Å². The zero-order valence-electron chi connectivity index (χ0n) is 4.05. The van der Waals surface area contributed by atoms with Crippen molar-refractivity contribution in [2.45, 2.75) is 13.0 Å². The lowest BCUT2D eigenvalue weighted by molar-refractivity contribution is -0.118. The Bertz CT molecular complexity index is 64.0. The SMILES string of the molecule is Br.C[C@H](N)C(N)=O. The predicted octanol–water partition coefficient (Wildman–Crippen LogP) is -0.603. The largest absolute Gasteiger partial charge is 0.368 e. The number of amides is 1. The highest BCUT2D eigenvalue weighted by Crippen LogP contribution is 1.64. The zero-order chi connectivity index (χ0) is 5.15. The molecule has 0 saturated carbocycles. The van der Waals surface area contributed by atoms with Crippen LogP contribution in [0.4, 0.5) is 0 Å². The molecule has 7 heavy (non-hydrogen) atoms. The molecule has 0 aliphatic rings. The smallest absolute Gasteiger partial charge is 0.234 e. The summed E-state index contributed by atoms with van der Waals surface area (Å²) in [5.41, 5.74) is 9.63. The van der Waals surface area contributed by atoms with E-state index in [1.54, 1.807) is 6.92 Å². The van der Waals surface area contributed by atoms with Gasteiger partial charge < -0.3 is 11.5 Å². The molecule has 0 heterocycles. The Labute approximate surface area is 52.8 Å². The van der Waals surface area contributed by atoms with Crippen molar-refractivity contribution in [2.24, 2.45) is 11.5 Å². The summed E-state index contributed by atoms with van der Waals surface area (Å²) >= 11 is 0. The second kappa shape index (κ2) is 4.08. The summed E-state index contributed by atoms with van der Waals surface area (Å²) in [6.07, 6.45) is 0. The highest BCUT2D eigenvalue weighted by Gasteiger charge is 1.96. The fourth-order valence-corrected chi connectivity index (χ4v) is 0. The van der Waals surface area contributed by atoms with Gasteiger partial charge in [0.1, 0.15) is 0 Å². The number of nitrogens with two attached hydrogens (primary N) is 2. The van der Waals surface area contributed by atoms with Crippen molar-refractivity contribution in [3.05, 3.63) is 0 Å². The van der Waals surface area contributed by atoms with Crippen molar-refractivity contribution in [2.75, 3.05) is 0 Å². The second-order valence-electron chi connectivity index (χ2n) is 1.19.